The van der Waals surface area contributed by atoms with Crippen LogP contribution in [0.1, 0.15) is 69.0 Å². The van der Waals surface area contributed by atoms with Crippen LogP contribution < -0.4 is 15.0 Å². The SMILES string of the molecule is O=C1CCC(N2Cc3cc(C4CCN(Cc5ccc6c(c5)C(=O)N(c5nccs5)CO6)CC4)ccc3C2=O)C(=O)N1. The standard InChI is InChI=1S/C30H29N5O5S/c36-26-6-4-24(27(37)32-26)34-16-21-14-20(2-3-22(21)28(34)38)19-7-10-33(11-8-19)15-18-1-5-25-23(13-18)29(39)35(17-40-25)30-31-9-12-41-30/h1-3,5,9,12-14,19,24H,4,6-8,10-11,15-17H2,(H,32,36,37). The van der Waals surface area contributed by atoms with Gasteiger partial charge in [0.15, 0.2) is 11.9 Å². The minimum Gasteiger partial charge on any atom is -0.472 e. The number of aromatic nitrogens is 1. The van der Waals surface area contributed by atoms with Gasteiger partial charge in [0, 0.05) is 36.7 Å². The predicted molar refractivity (Wildman–Crippen MR) is 151 cm³/mol. The van der Waals surface area contributed by atoms with Crippen molar-refractivity contribution in [1.82, 2.24) is 20.1 Å². The Labute approximate surface area is 240 Å². The Morgan fingerprint density at radius 2 is 1.83 bits per heavy atom. The summed E-state index contributed by atoms with van der Waals surface area (Å²) in [5.41, 5.74) is 4.46. The lowest BCUT2D eigenvalue weighted by Crippen LogP contribution is -2.52. The summed E-state index contributed by atoms with van der Waals surface area (Å²) in [5, 5.41) is 4.84. The van der Waals surface area contributed by atoms with E-state index in [0.717, 1.165) is 43.6 Å². The van der Waals surface area contributed by atoms with Gasteiger partial charge in [0.1, 0.15) is 11.8 Å². The number of benzene rings is 2. The summed E-state index contributed by atoms with van der Waals surface area (Å²) in [6.45, 7) is 3.17. The van der Waals surface area contributed by atoms with Gasteiger partial charge in [-0.2, -0.15) is 0 Å². The summed E-state index contributed by atoms with van der Waals surface area (Å²) < 4.78 is 5.83. The number of hydrogen-bond acceptors (Lipinski definition) is 8. The van der Waals surface area contributed by atoms with Crippen LogP contribution in [0.5, 0.6) is 5.75 Å². The zero-order chi connectivity index (χ0) is 28.1. The van der Waals surface area contributed by atoms with Gasteiger partial charge in [0.25, 0.3) is 11.8 Å². The molecule has 4 amide bonds. The third-order valence-electron chi connectivity index (χ3n) is 8.53. The van der Waals surface area contributed by atoms with Crippen molar-refractivity contribution >= 4 is 40.1 Å². The molecule has 0 saturated carbocycles. The lowest BCUT2D eigenvalue weighted by Gasteiger charge is -2.33. The average Bonchev–Trinajstić information content (AvgIpc) is 3.62. The second kappa shape index (κ2) is 10.4. The van der Waals surface area contributed by atoms with Gasteiger partial charge in [-0.05, 0) is 73.2 Å². The van der Waals surface area contributed by atoms with Crippen molar-refractivity contribution < 1.29 is 23.9 Å². The normalized spacial score (nSPS) is 21.5. The predicted octanol–water partition coefficient (Wildman–Crippen LogP) is 3.28. The number of carbonyl (C=O) groups excluding carboxylic acids is 4. The zero-order valence-electron chi connectivity index (χ0n) is 22.4. The first-order valence-electron chi connectivity index (χ1n) is 13.9. The molecule has 0 aliphatic carbocycles. The van der Waals surface area contributed by atoms with Crippen LogP contribution in [-0.2, 0) is 22.7 Å². The van der Waals surface area contributed by atoms with Gasteiger partial charge in [-0.25, -0.2) is 9.88 Å². The summed E-state index contributed by atoms with van der Waals surface area (Å²) in [5.74, 6) is 0.102. The molecular formula is C30H29N5O5S. The van der Waals surface area contributed by atoms with E-state index in [1.165, 1.54) is 16.9 Å². The molecule has 210 valence electrons. The van der Waals surface area contributed by atoms with E-state index in [9.17, 15) is 19.2 Å². The summed E-state index contributed by atoms with van der Waals surface area (Å²) in [7, 11) is 0. The first-order chi connectivity index (χ1) is 19.9. The fraction of sp³-hybridized carbons (Fsp3) is 0.367. The quantitative estimate of drug-likeness (QED) is 0.468. The first-order valence-corrected chi connectivity index (χ1v) is 14.8. The third-order valence-corrected chi connectivity index (χ3v) is 9.33. The minimum absolute atomic E-state index is 0.0898. The molecule has 0 bridgehead atoms. The number of hydrogen-bond donors (Lipinski definition) is 1. The van der Waals surface area contributed by atoms with Crippen LogP contribution in [0.15, 0.2) is 48.0 Å². The highest BCUT2D eigenvalue weighted by Gasteiger charge is 2.39. The van der Waals surface area contributed by atoms with Crippen LogP contribution in [0, 0.1) is 0 Å². The van der Waals surface area contributed by atoms with E-state index in [2.05, 4.69) is 21.3 Å². The summed E-state index contributed by atoms with van der Waals surface area (Å²) in [4.78, 5) is 59.9. The number of piperidine rings is 2. The molecular weight excluding hydrogens is 542 g/mol. The minimum atomic E-state index is -0.597. The van der Waals surface area contributed by atoms with Crippen molar-refractivity contribution in [2.45, 2.75) is 50.7 Å². The molecule has 2 saturated heterocycles. The molecule has 5 heterocycles. The molecule has 2 fully saturated rings. The summed E-state index contributed by atoms with van der Waals surface area (Å²) in [6, 6.07) is 11.3. The Kier molecular flexibility index (Phi) is 6.55. The number of anilines is 1. The number of ether oxygens (including phenoxy) is 1. The van der Waals surface area contributed by atoms with E-state index < -0.39 is 6.04 Å². The highest BCUT2D eigenvalue weighted by Crippen LogP contribution is 2.35. The highest BCUT2D eigenvalue weighted by atomic mass is 32.1. The van der Waals surface area contributed by atoms with Crippen LogP contribution >= 0.6 is 11.3 Å². The molecule has 0 spiro atoms. The van der Waals surface area contributed by atoms with Crippen molar-refractivity contribution in [1.29, 1.82) is 0 Å². The van der Waals surface area contributed by atoms with Crippen molar-refractivity contribution in [2.24, 2.45) is 0 Å². The monoisotopic (exact) mass is 571 g/mol. The largest absolute Gasteiger partial charge is 0.472 e. The molecule has 1 N–H and O–H groups in total. The molecule has 1 unspecified atom stereocenters. The number of nitrogens with zero attached hydrogens (tertiary/aromatic N) is 4. The van der Waals surface area contributed by atoms with Crippen molar-refractivity contribution in [3.05, 3.63) is 75.8 Å². The summed E-state index contributed by atoms with van der Waals surface area (Å²) >= 11 is 1.41. The fourth-order valence-corrected chi connectivity index (χ4v) is 6.96. The van der Waals surface area contributed by atoms with E-state index in [1.54, 1.807) is 16.0 Å². The van der Waals surface area contributed by atoms with E-state index in [4.69, 9.17) is 4.74 Å². The van der Waals surface area contributed by atoms with Crippen LogP contribution in [0.4, 0.5) is 5.13 Å². The zero-order valence-corrected chi connectivity index (χ0v) is 23.2. The number of carbonyl (C=O) groups is 4. The summed E-state index contributed by atoms with van der Waals surface area (Å²) in [6.07, 6.45) is 4.29. The molecule has 4 aliphatic heterocycles. The molecule has 41 heavy (non-hydrogen) atoms. The maximum absolute atomic E-state index is 13.1. The maximum atomic E-state index is 13.1. The van der Waals surface area contributed by atoms with Gasteiger partial charge in [-0.15, -0.1) is 11.3 Å². The fourth-order valence-electron chi connectivity index (χ4n) is 6.33. The number of likely N-dealkylation sites (tertiary alicyclic amines) is 1. The smallest absolute Gasteiger partial charge is 0.266 e. The van der Waals surface area contributed by atoms with Gasteiger partial charge in [-0.3, -0.25) is 29.4 Å². The average molecular weight is 572 g/mol. The molecule has 4 aliphatic rings. The Bertz CT molecular complexity index is 1550. The topological polar surface area (TPSA) is 112 Å². The Hall–Kier alpha value is -4.09. The lowest BCUT2D eigenvalue weighted by atomic mass is 9.87. The van der Waals surface area contributed by atoms with Gasteiger partial charge in [-0.1, -0.05) is 18.2 Å². The van der Waals surface area contributed by atoms with E-state index in [1.807, 2.05) is 35.7 Å². The number of amides is 4. The molecule has 7 rings (SSSR count). The molecule has 3 aromatic rings. The number of rotatable bonds is 5. The van der Waals surface area contributed by atoms with Gasteiger partial charge in [0.2, 0.25) is 11.8 Å². The molecule has 2 aromatic carbocycles. The molecule has 1 atom stereocenters. The number of nitrogens with one attached hydrogen (secondary N) is 1. The van der Waals surface area contributed by atoms with Gasteiger partial charge in [0.05, 0.1) is 5.56 Å². The molecule has 0 radical (unpaired) electrons. The van der Waals surface area contributed by atoms with E-state index >= 15 is 0 Å². The number of thiazole rings is 1. The molecule has 10 nitrogen and oxygen atoms in total. The maximum Gasteiger partial charge on any atom is 0.266 e. The van der Waals surface area contributed by atoms with Crippen molar-refractivity contribution in [3.8, 4) is 5.75 Å². The highest BCUT2D eigenvalue weighted by molar-refractivity contribution is 7.13. The van der Waals surface area contributed by atoms with Crippen molar-refractivity contribution in [3.63, 3.8) is 0 Å². The number of fused-ring (bicyclic) bond motifs is 2. The van der Waals surface area contributed by atoms with Gasteiger partial charge < -0.3 is 9.64 Å². The van der Waals surface area contributed by atoms with Gasteiger partial charge >= 0.3 is 0 Å². The van der Waals surface area contributed by atoms with E-state index in [0.29, 0.717) is 40.9 Å². The molecule has 1 aromatic heterocycles. The van der Waals surface area contributed by atoms with Crippen LogP contribution in [0.3, 0.4) is 0 Å². The van der Waals surface area contributed by atoms with E-state index in [-0.39, 0.29) is 36.8 Å². The third kappa shape index (κ3) is 4.78. The van der Waals surface area contributed by atoms with Crippen LogP contribution in [0.25, 0.3) is 0 Å². The second-order valence-electron chi connectivity index (χ2n) is 11.0. The number of imide groups is 1. The van der Waals surface area contributed by atoms with Crippen LogP contribution in [-0.4, -0.2) is 64.3 Å². The first kappa shape index (κ1) is 25.8. The second-order valence-corrected chi connectivity index (χ2v) is 11.9. The molecule has 11 heteroatoms. The Morgan fingerprint density at radius 3 is 2.61 bits per heavy atom. The van der Waals surface area contributed by atoms with Crippen LogP contribution in [0.2, 0.25) is 0 Å². The lowest BCUT2D eigenvalue weighted by molar-refractivity contribution is -0.136. The Balaban J connectivity index is 0.982. The Morgan fingerprint density at radius 1 is 0.976 bits per heavy atom. The van der Waals surface area contributed by atoms with Crippen molar-refractivity contribution in [2.75, 3.05) is 24.7 Å².